The minimum absolute atomic E-state index is 0.528. The number of nitrogens with zero attached hydrogens (tertiary/aromatic N) is 1. The Morgan fingerprint density at radius 1 is 1.33 bits per heavy atom. The molecule has 1 rings (SSSR count). The molecule has 3 heteroatoms. The Bertz CT molecular complexity index is 331. The summed E-state index contributed by atoms with van der Waals surface area (Å²) in [6, 6.07) is 3.24. The molecule has 3 nitrogen and oxygen atoms in total. The zero-order valence-electron chi connectivity index (χ0n) is 12.5. The van der Waals surface area contributed by atoms with E-state index in [2.05, 4.69) is 44.1 Å². The lowest BCUT2D eigenvalue weighted by Crippen LogP contribution is -2.41. The van der Waals surface area contributed by atoms with Gasteiger partial charge in [-0.1, -0.05) is 13.8 Å². The van der Waals surface area contributed by atoms with Gasteiger partial charge in [-0.15, -0.1) is 0 Å². The molecule has 1 aromatic heterocycles. The molecule has 0 saturated carbocycles. The maximum Gasteiger partial charge on any atom is 0.105 e. The molecule has 0 aliphatic carbocycles. The second-order valence-electron chi connectivity index (χ2n) is 5.19. The predicted octanol–water partition coefficient (Wildman–Crippen LogP) is 3.19. The van der Waals surface area contributed by atoms with Crippen LogP contribution in [0.1, 0.15) is 44.9 Å². The largest absolute Gasteiger partial charge is 0.469 e. The molecule has 1 unspecified atom stereocenters. The molecule has 0 aliphatic rings. The third-order valence-corrected chi connectivity index (χ3v) is 3.83. The van der Waals surface area contributed by atoms with Crippen molar-refractivity contribution in [2.24, 2.45) is 0 Å². The summed E-state index contributed by atoms with van der Waals surface area (Å²) in [7, 11) is 2.17. The van der Waals surface area contributed by atoms with Crippen LogP contribution >= 0.6 is 0 Å². The van der Waals surface area contributed by atoms with Gasteiger partial charge in [0.15, 0.2) is 0 Å². The topological polar surface area (TPSA) is 28.4 Å². The second-order valence-corrected chi connectivity index (χ2v) is 5.19. The van der Waals surface area contributed by atoms with Crippen LogP contribution in [0.25, 0.3) is 0 Å². The first-order valence-corrected chi connectivity index (χ1v) is 7.05. The first kappa shape index (κ1) is 15.3. The van der Waals surface area contributed by atoms with Crippen molar-refractivity contribution in [3.8, 4) is 0 Å². The number of aryl methyl sites for hydroxylation is 1. The first-order chi connectivity index (χ1) is 8.58. The van der Waals surface area contributed by atoms with Gasteiger partial charge < -0.3 is 9.73 Å². The number of nitrogens with one attached hydrogen (secondary N) is 1. The van der Waals surface area contributed by atoms with Crippen LogP contribution < -0.4 is 5.32 Å². The van der Waals surface area contributed by atoms with Crippen LogP contribution in [0.2, 0.25) is 0 Å². The molecule has 0 aromatic carbocycles. The van der Waals surface area contributed by atoms with Crippen molar-refractivity contribution in [2.75, 3.05) is 13.6 Å². The maximum absolute atomic E-state index is 5.34. The standard InChI is InChI=1S/C15H28N2O/c1-6-15(7-2)16-10-12(3)17(5)11-14-8-9-18-13(14)4/h8-9,12,15-16H,6-7,10-11H2,1-5H3. The lowest BCUT2D eigenvalue weighted by molar-refractivity contribution is 0.234. The molecule has 0 fully saturated rings. The van der Waals surface area contributed by atoms with Crippen LogP contribution in [-0.2, 0) is 6.54 Å². The average molecular weight is 252 g/mol. The van der Waals surface area contributed by atoms with E-state index in [0.29, 0.717) is 12.1 Å². The number of hydrogen-bond donors (Lipinski definition) is 1. The van der Waals surface area contributed by atoms with Crippen molar-refractivity contribution >= 4 is 0 Å². The molecule has 0 spiro atoms. The minimum Gasteiger partial charge on any atom is -0.469 e. The Hall–Kier alpha value is -0.800. The zero-order chi connectivity index (χ0) is 13.5. The molecule has 18 heavy (non-hydrogen) atoms. The number of likely N-dealkylation sites (N-methyl/N-ethyl adjacent to an activating group) is 1. The van der Waals surface area contributed by atoms with E-state index in [1.807, 2.05) is 6.92 Å². The van der Waals surface area contributed by atoms with E-state index in [1.54, 1.807) is 6.26 Å². The fourth-order valence-electron chi connectivity index (χ4n) is 2.07. The summed E-state index contributed by atoms with van der Waals surface area (Å²) in [6.07, 6.45) is 4.17. The molecule has 0 aliphatic heterocycles. The van der Waals surface area contributed by atoms with E-state index in [4.69, 9.17) is 4.42 Å². The highest BCUT2D eigenvalue weighted by Gasteiger charge is 2.13. The Balaban J connectivity index is 2.37. The van der Waals surface area contributed by atoms with E-state index in [0.717, 1.165) is 18.8 Å². The Kier molecular flexibility index (Phi) is 6.44. The highest BCUT2D eigenvalue weighted by atomic mass is 16.3. The smallest absolute Gasteiger partial charge is 0.105 e. The van der Waals surface area contributed by atoms with Crippen LogP contribution in [0.3, 0.4) is 0 Å². The van der Waals surface area contributed by atoms with Gasteiger partial charge in [-0.05, 0) is 39.8 Å². The van der Waals surface area contributed by atoms with Gasteiger partial charge in [0.05, 0.1) is 6.26 Å². The lowest BCUT2D eigenvalue weighted by atomic mass is 10.1. The molecule has 0 saturated heterocycles. The van der Waals surface area contributed by atoms with Crippen LogP contribution in [0.4, 0.5) is 0 Å². The minimum atomic E-state index is 0.528. The van der Waals surface area contributed by atoms with E-state index in [9.17, 15) is 0 Å². The zero-order valence-corrected chi connectivity index (χ0v) is 12.5. The van der Waals surface area contributed by atoms with Gasteiger partial charge in [-0.2, -0.15) is 0 Å². The second kappa shape index (κ2) is 7.59. The van der Waals surface area contributed by atoms with E-state index in [-0.39, 0.29) is 0 Å². The van der Waals surface area contributed by atoms with Gasteiger partial charge in [-0.25, -0.2) is 0 Å². The fourth-order valence-corrected chi connectivity index (χ4v) is 2.07. The van der Waals surface area contributed by atoms with E-state index in [1.165, 1.54) is 18.4 Å². The number of hydrogen-bond acceptors (Lipinski definition) is 3. The molecule has 0 bridgehead atoms. The van der Waals surface area contributed by atoms with Crippen molar-refractivity contribution < 1.29 is 4.42 Å². The van der Waals surface area contributed by atoms with Gasteiger partial charge in [0.1, 0.15) is 5.76 Å². The molecular formula is C15H28N2O. The van der Waals surface area contributed by atoms with E-state index < -0.39 is 0 Å². The summed E-state index contributed by atoms with van der Waals surface area (Å²) in [6.45, 7) is 10.8. The van der Waals surface area contributed by atoms with Crippen molar-refractivity contribution in [3.05, 3.63) is 23.7 Å². The summed E-state index contributed by atoms with van der Waals surface area (Å²) >= 11 is 0. The molecule has 0 amide bonds. The maximum atomic E-state index is 5.34. The van der Waals surface area contributed by atoms with Gasteiger partial charge in [0.2, 0.25) is 0 Å². The summed E-state index contributed by atoms with van der Waals surface area (Å²) in [5.74, 6) is 1.03. The van der Waals surface area contributed by atoms with E-state index >= 15 is 0 Å². The normalized spacial score (nSPS) is 13.5. The molecule has 1 N–H and O–H groups in total. The predicted molar refractivity (Wildman–Crippen MR) is 76.7 cm³/mol. The van der Waals surface area contributed by atoms with Crippen molar-refractivity contribution in [2.45, 2.75) is 59.2 Å². The Morgan fingerprint density at radius 2 is 2.00 bits per heavy atom. The highest BCUT2D eigenvalue weighted by molar-refractivity contribution is 5.15. The molecule has 1 atom stereocenters. The number of rotatable bonds is 8. The first-order valence-electron chi connectivity index (χ1n) is 7.05. The van der Waals surface area contributed by atoms with Gasteiger partial charge >= 0.3 is 0 Å². The monoisotopic (exact) mass is 252 g/mol. The lowest BCUT2D eigenvalue weighted by Gasteiger charge is -2.26. The van der Waals surface area contributed by atoms with Crippen molar-refractivity contribution in [1.82, 2.24) is 10.2 Å². The van der Waals surface area contributed by atoms with Crippen LogP contribution in [0, 0.1) is 6.92 Å². The summed E-state index contributed by atoms with van der Waals surface area (Å²) in [5, 5.41) is 3.63. The quantitative estimate of drug-likeness (QED) is 0.770. The third kappa shape index (κ3) is 4.46. The Morgan fingerprint density at radius 3 is 2.50 bits per heavy atom. The molecule has 0 radical (unpaired) electrons. The summed E-state index contributed by atoms with van der Waals surface area (Å²) < 4.78 is 5.34. The van der Waals surface area contributed by atoms with Crippen LogP contribution in [0.5, 0.6) is 0 Å². The average Bonchev–Trinajstić information content (AvgIpc) is 2.76. The van der Waals surface area contributed by atoms with Crippen molar-refractivity contribution in [1.29, 1.82) is 0 Å². The van der Waals surface area contributed by atoms with Crippen LogP contribution in [-0.4, -0.2) is 30.6 Å². The third-order valence-electron chi connectivity index (χ3n) is 3.83. The van der Waals surface area contributed by atoms with Gasteiger partial charge in [0.25, 0.3) is 0 Å². The van der Waals surface area contributed by atoms with Gasteiger partial charge in [-0.3, -0.25) is 4.90 Å². The summed E-state index contributed by atoms with van der Waals surface area (Å²) in [5.41, 5.74) is 1.28. The van der Waals surface area contributed by atoms with Crippen molar-refractivity contribution in [3.63, 3.8) is 0 Å². The molecular weight excluding hydrogens is 224 g/mol. The summed E-state index contributed by atoms with van der Waals surface area (Å²) in [4.78, 5) is 2.37. The highest BCUT2D eigenvalue weighted by Crippen LogP contribution is 2.12. The molecule has 1 heterocycles. The Labute approximate surface area is 112 Å². The fraction of sp³-hybridized carbons (Fsp3) is 0.733. The molecule has 1 aromatic rings. The van der Waals surface area contributed by atoms with Crippen LogP contribution in [0.15, 0.2) is 16.7 Å². The number of furan rings is 1. The molecule has 104 valence electrons. The van der Waals surface area contributed by atoms with Gasteiger partial charge in [0, 0.05) is 30.7 Å². The SMILES string of the molecule is CCC(CC)NCC(C)N(C)Cc1ccoc1C.